The molecule has 2 heterocycles. The van der Waals surface area contributed by atoms with Gasteiger partial charge in [0.15, 0.2) is 0 Å². The standard InChI is InChI=1S/C28H36N2O4/c31-27(29(19-25-21-33-25)23-13-7-5-8-14-23)17-11-3-1-2-4-12-18-28(32)30(20-26-22-34-26)24-15-9-6-10-16-24/h5-10,13-16,25-26H,1-4,11-12,17-22H2. The number of rotatable bonds is 15. The van der Waals surface area contributed by atoms with E-state index < -0.39 is 0 Å². The van der Waals surface area contributed by atoms with Gasteiger partial charge in [0, 0.05) is 24.2 Å². The van der Waals surface area contributed by atoms with Gasteiger partial charge in [-0.05, 0) is 37.1 Å². The molecule has 0 bridgehead atoms. The minimum Gasteiger partial charge on any atom is -0.371 e. The molecule has 182 valence electrons. The van der Waals surface area contributed by atoms with E-state index >= 15 is 0 Å². The number of hydrogen-bond donors (Lipinski definition) is 0. The molecule has 2 atom stereocenters. The van der Waals surface area contributed by atoms with E-state index in [1.807, 2.05) is 70.5 Å². The molecule has 34 heavy (non-hydrogen) atoms. The number of benzene rings is 2. The highest BCUT2D eigenvalue weighted by molar-refractivity contribution is 5.94. The monoisotopic (exact) mass is 464 g/mol. The molecule has 2 fully saturated rings. The molecule has 6 heteroatoms. The van der Waals surface area contributed by atoms with Crippen molar-refractivity contribution in [3.05, 3.63) is 60.7 Å². The van der Waals surface area contributed by atoms with Crippen molar-refractivity contribution in [1.29, 1.82) is 0 Å². The zero-order valence-corrected chi connectivity index (χ0v) is 19.9. The number of nitrogens with zero attached hydrogens (tertiary/aromatic N) is 2. The molecule has 2 aliphatic rings. The summed E-state index contributed by atoms with van der Waals surface area (Å²) in [6.07, 6.45) is 7.56. The molecule has 0 radical (unpaired) electrons. The Morgan fingerprint density at radius 1 is 0.618 bits per heavy atom. The Morgan fingerprint density at radius 2 is 0.971 bits per heavy atom. The molecule has 0 N–H and O–H groups in total. The van der Waals surface area contributed by atoms with Gasteiger partial charge in [0.1, 0.15) is 0 Å². The van der Waals surface area contributed by atoms with Crippen molar-refractivity contribution in [2.45, 2.75) is 63.6 Å². The molecular weight excluding hydrogens is 428 g/mol. The average Bonchev–Trinajstić information content (AvgIpc) is 3.79. The van der Waals surface area contributed by atoms with Crippen LogP contribution >= 0.6 is 0 Å². The summed E-state index contributed by atoms with van der Waals surface area (Å²) in [4.78, 5) is 29.3. The molecule has 0 spiro atoms. The Balaban J connectivity index is 1.10. The van der Waals surface area contributed by atoms with E-state index in [-0.39, 0.29) is 24.0 Å². The van der Waals surface area contributed by atoms with Crippen LogP contribution in [0.25, 0.3) is 0 Å². The first-order valence-corrected chi connectivity index (χ1v) is 12.6. The van der Waals surface area contributed by atoms with Crippen LogP contribution in [-0.2, 0) is 19.1 Å². The van der Waals surface area contributed by atoms with E-state index in [0.717, 1.165) is 63.1 Å². The van der Waals surface area contributed by atoms with Gasteiger partial charge in [-0.3, -0.25) is 9.59 Å². The number of ether oxygens (including phenoxy) is 2. The fraction of sp³-hybridized carbons (Fsp3) is 0.500. The topological polar surface area (TPSA) is 65.7 Å². The highest BCUT2D eigenvalue weighted by Crippen LogP contribution is 2.22. The second-order valence-corrected chi connectivity index (χ2v) is 9.21. The van der Waals surface area contributed by atoms with Crippen LogP contribution in [0.3, 0.4) is 0 Å². The van der Waals surface area contributed by atoms with Crippen molar-refractivity contribution in [3.63, 3.8) is 0 Å². The first-order valence-electron chi connectivity index (χ1n) is 12.6. The van der Waals surface area contributed by atoms with Gasteiger partial charge >= 0.3 is 0 Å². The predicted molar refractivity (Wildman–Crippen MR) is 134 cm³/mol. The second kappa shape index (κ2) is 12.7. The van der Waals surface area contributed by atoms with Gasteiger partial charge < -0.3 is 19.3 Å². The van der Waals surface area contributed by atoms with Crippen molar-refractivity contribution < 1.29 is 19.1 Å². The third-order valence-corrected chi connectivity index (χ3v) is 6.35. The number of carbonyl (C=O) groups excluding carboxylic acids is 2. The number of para-hydroxylation sites is 2. The lowest BCUT2D eigenvalue weighted by atomic mass is 10.1. The van der Waals surface area contributed by atoms with E-state index in [4.69, 9.17) is 9.47 Å². The van der Waals surface area contributed by atoms with Crippen LogP contribution in [0.15, 0.2) is 60.7 Å². The van der Waals surface area contributed by atoms with Crippen molar-refractivity contribution in [2.75, 3.05) is 36.1 Å². The maximum absolute atomic E-state index is 12.8. The summed E-state index contributed by atoms with van der Waals surface area (Å²) in [5, 5.41) is 0. The third kappa shape index (κ3) is 7.96. The zero-order valence-electron chi connectivity index (χ0n) is 19.9. The molecule has 6 nitrogen and oxygen atoms in total. The van der Waals surface area contributed by atoms with Crippen molar-refractivity contribution in [1.82, 2.24) is 0 Å². The molecule has 2 unspecified atom stereocenters. The summed E-state index contributed by atoms with van der Waals surface area (Å²) >= 11 is 0. The minimum atomic E-state index is 0.174. The zero-order chi connectivity index (χ0) is 23.6. The van der Waals surface area contributed by atoms with Crippen molar-refractivity contribution in [3.8, 4) is 0 Å². The smallest absolute Gasteiger partial charge is 0.227 e. The van der Waals surface area contributed by atoms with Gasteiger partial charge in [-0.25, -0.2) is 0 Å². The van der Waals surface area contributed by atoms with Crippen molar-refractivity contribution >= 4 is 23.2 Å². The molecule has 2 amide bonds. The Bertz CT molecular complexity index is 822. The molecule has 2 aromatic rings. The van der Waals surface area contributed by atoms with Crippen LogP contribution in [0.5, 0.6) is 0 Å². The SMILES string of the molecule is O=C(CCCCCCCCC(=O)N(CC1CO1)c1ccccc1)N(CC1CO1)c1ccccc1. The van der Waals surface area contributed by atoms with Crippen LogP contribution < -0.4 is 9.80 Å². The molecular formula is C28H36N2O4. The van der Waals surface area contributed by atoms with Crippen molar-refractivity contribution in [2.24, 2.45) is 0 Å². The first kappa shape index (κ1) is 24.4. The number of hydrogen-bond acceptors (Lipinski definition) is 4. The number of epoxide rings is 2. The minimum absolute atomic E-state index is 0.174. The number of anilines is 2. The van der Waals surface area contributed by atoms with E-state index in [1.54, 1.807) is 0 Å². The highest BCUT2D eigenvalue weighted by Gasteiger charge is 2.29. The number of carbonyl (C=O) groups is 2. The van der Waals surface area contributed by atoms with Gasteiger partial charge in [-0.15, -0.1) is 0 Å². The van der Waals surface area contributed by atoms with Crippen LogP contribution in [-0.4, -0.2) is 50.3 Å². The Hall–Kier alpha value is -2.70. The average molecular weight is 465 g/mol. The normalized spacial score (nSPS) is 18.4. The summed E-state index contributed by atoms with van der Waals surface area (Å²) in [6, 6.07) is 19.7. The summed E-state index contributed by atoms with van der Waals surface area (Å²) in [7, 11) is 0. The lowest BCUT2D eigenvalue weighted by molar-refractivity contribution is -0.119. The van der Waals surface area contributed by atoms with Gasteiger partial charge in [0.25, 0.3) is 0 Å². The third-order valence-electron chi connectivity index (χ3n) is 6.35. The maximum atomic E-state index is 12.8. The lowest BCUT2D eigenvalue weighted by Crippen LogP contribution is -2.34. The summed E-state index contributed by atoms with van der Waals surface area (Å²) in [5.41, 5.74) is 1.90. The summed E-state index contributed by atoms with van der Waals surface area (Å²) < 4.78 is 10.7. The predicted octanol–water partition coefficient (Wildman–Crippen LogP) is 4.97. The van der Waals surface area contributed by atoms with E-state index in [1.165, 1.54) is 0 Å². The van der Waals surface area contributed by atoms with Crippen LogP contribution in [0.1, 0.15) is 51.4 Å². The Morgan fingerprint density at radius 3 is 1.32 bits per heavy atom. The van der Waals surface area contributed by atoms with Crippen LogP contribution in [0.4, 0.5) is 11.4 Å². The fourth-order valence-electron chi connectivity index (χ4n) is 4.20. The Kier molecular flexibility index (Phi) is 9.11. The summed E-state index contributed by atoms with van der Waals surface area (Å²) in [6.45, 7) is 2.78. The van der Waals surface area contributed by atoms with E-state index in [2.05, 4.69) is 0 Å². The van der Waals surface area contributed by atoms with Crippen LogP contribution in [0, 0.1) is 0 Å². The second-order valence-electron chi connectivity index (χ2n) is 9.21. The molecule has 2 aliphatic heterocycles. The molecule has 2 saturated heterocycles. The van der Waals surface area contributed by atoms with Crippen LogP contribution in [0.2, 0.25) is 0 Å². The molecule has 0 saturated carbocycles. The van der Waals surface area contributed by atoms with E-state index in [0.29, 0.717) is 25.9 Å². The molecule has 2 aromatic carbocycles. The maximum Gasteiger partial charge on any atom is 0.227 e. The Labute approximate surface area is 202 Å². The number of unbranched alkanes of at least 4 members (excludes halogenated alkanes) is 5. The quantitative estimate of drug-likeness (QED) is 0.276. The van der Waals surface area contributed by atoms with Gasteiger partial charge in [0.2, 0.25) is 11.8 Å². The van der Waals surface area contributed by atoms with Gasteiger partial charge in [-0.2, -0.15) is 0 Å². The molecule has 4 rings (SSSR count). The largest absolute Gasteiger partial charge is 0.371 e. The van der Waals surface area contributed by atoms with E-state index in [9.17, 15) is 9.59 Å². The first-order chi connectivity index (χ1) is 16.7. The summed E-state index contributed by atoms with van der Waals surface area (Å²) in [5.74, 6) is 0.348. The molecule has 0 aromatic heterocycles. The van der Waals surface area contributed by atoms with Gasteiger partial charge in [0.05, 0.1) is 38.5 Å². The van der Waals surface area contributed by atoms with Gasteiger partial charge in [-0.1, -0.05) is 62.1 Å². The number of amides is 2. The lowest BCUT2D eigenvalue weighted by Gasteiger charge is -2.22. The highest BCUT2D eigenvalue weighted by atomic mass is 16.6. The fourth-order valence-corrected chi connectivity index (χ4v) is 4.20. The molecule has 0 aliphatic carbocycles.